The lowest BCUT2D eigenvalue weighted by atomic mass is 9.96. The molecule has 11 rings (SSSR count). The SMILES string of the molecule is c1ccc(-c2ccc(-c3cccc(N(c4ccc(-c5ccc(-c6cccc(-c7ccc8ccccc8c7)c6)cc5)cc4)c4cccc5c4sc4ccccc45)c3)cc2)cc1. The summed E-state index contributed by atoms with van der Waals surface area (Å²) in [7, 11) is 0. The standard InChI is InChI=1S/C58H39NS/c1-2-11-40(12-3-1)42-23-29-46(30-24-42)50-17-9-18-53(39-50)59(56-21-10-20-55-54-19-6-7-22-57(54)60-58(55)56)52-35-33-44(34-36-52)43-25-27-45(28-26-43)48-15-8-16-49(37-48)51-32-31-41-13-4-5-14-47(41)38-51/h1-39H. The summed E-state index contributed by atoms with van der Waals surface area (Å²) in [6.07, 6.45) is 0. The molecule has 0 bridgehead atoms. The maximum Gasteiger partial charge on any atom is 0.0640 e. The van der Waals surface area contributed by atoms with E-state index < -0.39 is 0 Å². The fraction of sp³-hybridized carbons (Fsp3) is 0. The van der Waals surface area contributed by atoms with Gasteiger partial charge in [0.2, 0.25) is 0 Å². The van der Waals surface area contributed by atoms with Gasteiger partial charge in [-0.05, 0) is 115 Å². The monoisotopic (exact) mass is 781 g/mol. The van der Waals surface area contributed by atoms with E-state index in [1.54, 1.807) is 0 Å². The van der Waals surface area contributed by atoms with Gasteiger partial charge in [-0.1, -0.05) is 188 Å². The number of nitrogens with zero attached hydrogens (tertiary/aromatic N) is 1. The predicted molar refractivity (Wildman–Crippen MR) is 259 cm³/mol. The first kappa shape index (κ1) is 35.6. The summed E-state index contributed by atoms with van der Waals surface area (Å²) < 4.78 is 2.58. The van der Waals surface area contributed by atoms with Gasteiger partial charge in [0.1, 0.15) is 0 Å². The first-order valence-electron chi connectivity index (χ1n) is 20.5. The summed E-state index contributed by atoms with van der Waals surface area (Å²) in [5.41, 5.74) is 15.5. The summed E-state index contributed by atoms with van der Waals surface area (Å²) in [5.74, 6) is 0. The Morgan fingerprint density at radius 3 is 1.45 bits per heavy atom. The van der Waals surface area contributed by atoms with E-state index >= 15 is 0 Å². The maximum absolute atomic E-state index is 2.43. The number of thiophene rings is 1. The molecule has 0 saturated heterocycles. The summed E-state index contributed by atoms with van der Waals surface area (Å²) >= 11 is 1.86. The lowest BCUT2D eigenvalue weighted by Crippen LogP contribution is -2.10. The van der Waals surface area contributed by atoms with E-state index in [1.807, 2.05) is 11.3 Å². The molecule has 0 radical (unpaired) electrons. The van der Waals surface area contributed by atoms with Gasteiger partial charge in [-0.15, -0.1) is 11.3 Å². The Kier molecular flexibility index (Phi) is 9.11. The van der Waals surface area contributed by atoms with Crippen molar-refractivity contribution in [2.75, 3.05) is 4.90 Å². The molecule has 0 N–H and O–H groups in total. The highest BCUT2D eigenvalue weighted by molar-refractivity contribution is 7.26. The number of rotatable bonds is 8. The molecule has 2 heteroatoms. The summed E-state index contributed by atoms with van der Waals surface area (Å²) in [6.45, 7) is 0. The van der Waals surface area contributed by atoms with Gasteiger partial charge in [0.15, 0.2) is 0 Å². The second-order valence-corrected chi connectivity index (χ2v) is 16.4. The van der Waals surface area contributed by atoms with Crippen molar-refractivity contribution >= 4 is 59.3 Å². The van der Waals surface area contributed by atoms with Crippen molar-refractivity contribution in [1.29, 1.82) is 0 Å². The van der Waals surface area contributed by atoms with Gasteiger partial charge in [0, 0.05) is 26.8 Å². The minimum atomic E-state index is 1.11. The van der Waals surface area contributed by atoms with Gasteiger partial charge >= 0.3 is 0 Å². The van der Waals surface area contributed by atoms with Crippen molar-refractivity contribution in [1.82, 2.24) is 0 Å². The van der Waals surface area contributed by atoms with Crippen LogP contribution in [0.4, 0.5) is 17.1 Å². The quantitative estimate of drug-likeness (QED) is 0.148. The number of hydrogen-bond donors (Lipinski definition) is 0. The summed E-state index contributed by atoms with van der Waals surface area (Å²) in [5, 5.41) is 5.10. The second-order valence-electron chi connectivity index (χ2n) is 15.3. The largest absolute Gasteiger partial charge is 0.309 e. The Labute approximate surface area is 354 Å². The van der Waals surface area contributed by atoms with Crippen molar-refractivity contribution in [3.05, 3.63) is 237 Å². The zero-order valence-electron chi connectivity index (χ0n) is 32.9. The van der Waals surface area contributed by atoms with Crippen molar-refractivity contribution in [2.24, 2.45) is 0 Å². The molecule has 60 heavy (non-hydrogen) atoms. The average molecular weight is 782 g/mol. The number of benzene rings is 10. The Balaban J connectivity index is 0.932. The van der Waals surface area contributed by atoms with Gasteiger partial charge in [-0.2, -0.15) is 0 Å². The van der Waals surface area contributed by atoms with Crippen LogP contribution in [0.25, 0.3) is 86.6 Å². The third-order valence-corrected chi connectivity index (χ3v) is 12.9. The Morgan fingerprint density at radius 1 is 0.267 bits per heavy atom. The van der Waals surface area contributed by atoms with Crippen LogP contribution in [0.1, 0.15) is 0 Å². The minimum Gasteiger partial charge on any atom is -0.309 e. The van der Waals surface area contributed by atoms with Crippen LogP contribution < -0.4 is 4.90 Å². The molecule has 0 aliphatic carbocycles. The highest BCUT2D eigenvalue weighted by Gasteiger charge is 2.19. The lowest BCUT2D eigenvalue weighted by molar-refractivity contribution is 1.30. The molecule has 0 fully saturated rings. The third kappa shape index (κ3) is 6.73. The molecule has 0 aliphatic rings. The zero-order valence-corrected chi connectivity index (χ0v) is 33.7. The molecule has 0 spiro atoms. The molecule has 0 aliphatic heterocycles. The van der Waals surface area contributed by atoms with Gasteiger partial charge in [0.05, 0.1) is 10.4 Å². The van der Waals surface area contributed by atoms with E-state index in [1.165, 1.54) is 92.3 Å². The highest BCUT2D eigenvalue weighted by atomic mass is 32.1. The van der Waals surface area contributed by atoms with Crippen LogP contribution in [0.5, 0.6) is 0 Å². The van der Waals surface area contributed by atoms with E-state index in [4.69, 9.17) is 0 Å². The van der Waals surface area contributed by atoms with Crippen molar-refractivity contribution < 1.29 is 0 Å². The molecule has 1 nitrogen and oxygen atoms in total. The predicted octanol–water partition coefficient (Wildman–Crippen LogP) is 17.0. The van der Waals surface area contributed by atoms with Crippen molar-refractivity contribution in [3.63, 3.8) is 0 Å². The Hall–Kier alpha value is -7.52. The van der Waals surface area contributed by atoms with Crippen LogP contribution in [-0.4, -0.2) is 0 Å². The lowest BCUT2D eigenvalue weighted by Gasteiger charge is -2.27. The van der Waals surface area contributed by atoms with Gasteiger partial charge in [-0.25, -0.2) is 0 Å². The van der Waals surface area contributed by atoms with Crippen molar-refractivity contribution in [3.8, 4) is 55.6 Å². The van der Waals surface area contributed by atoms with Crippen LogP contribution in [0.3, 0.4) is 0 Å². The van der Waals surface area contributed by atoms with Crippen LogP contribution >= 0.6 is 11.3 Å². The minimum absolute atomic E-state index is 1.11. The fourth-order valence-electron chi connectivity index (χ4n) is 8.55. The fourth-order valence-corrected chi connectivity index (χ4v) is 9.76. The molecule has 11 aromatic rings. The van der Waals surface area contributed by atoms with Crippen LogP contribution in [0.2, 0.25) is 0 Å². The van der Waals surface area contributed by atoms with Gasteiger partial charge < -0.3 is 4.90 Å². The maximum atomic E-state index is 2.43. The molecule has 0 saturated carbocycles. The Bertz CT molecular complexity index is 3290. The molecule has 1 aromatic heterocycles. The molecule has 0 amide bonds. The summed E-state index contributed by atoms with van der Waals surface area (Å²) in [4.78, 5) is 2.43. The molecule has 10 aromatic carbocycles. The molecule has 0 atom stereocenters. The third-order valence-electron chi connectivity index (χ3n) is 11.7. The molecule has 282 valence electrons. The average Bonchev–Trinajstić information content (AvgIpc) is 3.72. The zero-order chi connectivity index (χ0) is 39.8. The molecule has 0 unspecified atom stereocenters. The normalized spacial score (nSPS) is 11.3. The second kappa shape index (κ2) is 15.3. The van der Waals surface area contributed by atoms with E-state index in [2.05, 4.69) is 241 Å². The smallest absolute Gasteiger partial charge is 0.0640 e. The number of hydrogen-bond acceptors (Lipinski definition) is 2. The van der Waals surface area contributed by atoms with Crippen molar-refractivity contribution in [2.45, 2.75) is 0 Å². The van der Waals surface area contributed by atoms with E-state index in [0.717, 1.165) is 11.4 Å². The first-order valence-corrected chi connectivity index (χ1v) is 21.3. The van der Waals surface area contributed by atoms with Gasteiger partial charge in [-0.3, -0.25) is 0 Å². The first-order chi connectivity index (χ1) is 29.7. The number of fused-ring (bicyclic) bond motifs is 4. The molecular formula is C58H39NS. The van der Waals surface area contributed by atoms with Crippen LogP contribution in [0, 0.1) is 0 Å². The molecule has 1 heterocycles. The summed E-state index contributed by atoms with van der Waals surface area (Å²) in [6, 6.07) is 86.1. The number of anilines is 3. The van der Waals surface area contributed by atoms with E-state index in [9.17, 15) is 0 Å². The van der Waals surface area contributed by atoms with E-state index in [-0.39, 0.29) is 0 Å². The topological polar surface area (TPSA) is 3.24 Å². The highest BCUT2D eigenvalue weighted by Crippen LogP contribution is 2.45. The molecular weight excluding hydrogens is 743 g/mol. The Morgan fingerprint density at radius 2 is 0.733 bits per heavy atom. The van der Waals surface area contributed by atoms with Gasteiger partial charge in [0.25, 0.3) is 0 Å². The van der Waals surface area contributed by atoms with Crippen LogP contribution in [0.15, 0.2) is 237 Å². The van der Waals surface area contributed by atoms with E-state index in [0.29, 0.717) is 0 Å². The van der Waals surface area contributed by atoms with Crippen LogP contribution in [-0.2, 0) is 0 Å².